The first-order chi connectivity index (χ1) is 25.6. The minimum atomic E-state index is -0.945. The van der Waals surface area contributed by atoms with E-state index in [0.29, 0.717) is 12.8 Å². The minimum absolute atomic E-state index is 0.0191. The van der Waals surface area contributed by atoms with Crippen LogP contribution in [-0.2, 0) is 28.7 Å². The van der Waals surface area contributed by atoms with Gasteiger partial charge in [0.05, 0.1) is 11.3 Å². The van der Waals surface area contributed by atoms with Gasteiger partial charge in [-0.25, -0.2) is 4.79 Å². The Morgan fingerprint density at radius 2 is 1.43 bits per heavy atom. The molecule has 8 rings (SSSR count). The molecule has 5 fully saturated rings. The van der Waals surface area contributed by atoms with Crippen molar-refractivity contribution in [2.45, 2.75) is 130 Å². The maximum atomic E-state index is 15.0. The van der Waals surface area contributed by atoms with Crippen molar-refractivity contribution in [2.24, 2.45) is 55.7 Å². The average Bonchev–Trinajstić information content (AvgIpc) is 4.00. The van der Waals surface area contributed by atoms with E-state index in [4.69, 9.17) is 9.47 Å². The van der Waals surface area contributed by atoms with E-state index in [9.17, 15) is 19.2 Å². The van der Waals surface area contributed by atoms with E-state index < -0.39 is 28.6 Å². The van der Waals surface area contributed by atoms with Gasteiger partial charge in [-0.1, -0.05) is 93.9 Å². The third kappa shape index (κ3) is 5.53. The third-order valence-electron chi connectivity index (χ3n) is 16.5. The summed E-state index contributed by atoms with van der Waals surface area (Å²) in [5, 5.41) is 0. The maximum Gasteiger partial charge on any atom is 0.312 e. The number of fused-ring (bicyclic) bond motifs is 7. The Bertz CT molecular complexity index is 1880. The maximum absolute atomic E-state index is 15.0. The van der Waals surface area contributed by atoms with Crippen LogP contribution in [-0.4, -0.2) is 35.4 Å². The van der Waals surface area contributed by atoms with Gasteiger partial charge in [-0.05, 0) is 135 Å². The number of benzene rings is 2. The number of carbonyl (C=O) groups is 3. The third-order valence-corrected chi connectivity index (χ3v) is 16.5. The molecule has 0 radical (unpaired) electrons. The van der Waals surface area contributed by atoms with Crippen LogP contribution in [0.15, 0.2) is 77.3 Å². The van der Waals surface area contributed by atoms with E-state index in [1.165, 1.54) is 5.57 Å². The van der Waals surface area contributed by atoms with Crippen molar-refractivity contribution in [1.29, 1.82) is 0 Å². The fourth-order valence-corrected chi connectivity index (χ4v) is 12.8. The lowest BCUT2D eigenvalue weighted by molar-refractivity contribution is -0.197. The monoisotopic (exact) mass is 731 g/mol. The van der Waals surface area contributed by atoms with E-state index >= 15 is 0 Å². The van der Waals surface area contributed by atoms with E-state index in [0.717, 1.165) is 68.9 Å². The molecule has 10 atom stereocenters. The van der Waals surface area contributed by atoms with Crippen LogP contribution in [0.25, 0.3) is 0 Å². The van der Waals surface area contributed by atoms with Gasteiger partial charge in [0.1, 0.15) is 11.6 Å². The summed E-state index contributed by atoms with van der Waals surface area (Å²) in [6.07, 6.45) is 11.8. The lowest BCUT2D eigenvalue weighted by Crippen LogP contribution is -2.68. The standard InChI is InChI=1S/C47H57NO6/c1-42-23-24-43(2,41(52)54-38(30-13-9-7-10-14-30)31-15-11-8-12-16-31)28-34(42)33-27-35(50)39-44(3)21-20-37(53-40(51)32-17-18-32)47(6,48-29-49)36(44)19-22-46(39,5)45(33,4)26-25-42/h7-16,27,32,34,36-39H,17-26,28H2,1-6H3/t34-,36+,37-,39+,42+,43-,44-,45+,46+,47-/m0/s1. The summed E-state index contributed by atoms with van der Waals surface area (Å²) in [6, 6.07) is 19.9. The molecule has 0 heterocycles. The molecule has 286 valence electrons. The Morgan fingerprint density at radius 1 is 0.796 bits per heavy atom. The van der Waals surface area contributed by atoms with Crippen LogP contribution in [0.4, 0.5) is 0 Å². The number of ketones is 1. The zero-order chi connectivity index (χ0) is 38.3. The summed E-state index contributed by atoms with van der Waals surface area (Å²) in [5.74, 6) is -0.546. The molecule has 7 nitrogen and oxygen atoms in total. The zero-order valence-corrected chi connectivity index (χ0v) is 33.0. The number of esters is 2. The van der Waals surface area contributed by atoms with Crippen LogP contribution >= 0.6 is 0 Å². The minimum Gasteiger partial charge on any atom is -0.460 e. The number of carbonyl (C=O) groups excluding carboxylic acids is 4. The van der Waals surface area contributed by atoms with Crippen LogP contribution in [0.1, 0.15) is 129 Å². The van der Waals surface area contributed by atoms with Crippen molar-refractivity contribution in [3.63, 3.8) is 0 Å². The van der Waals surface area contributed by atoms with Gasteiger partial charge in [0, 0.05) is 5.92 Å². The summed E-state index contributed by atoms with van der Waals surface area (Å²) in [4.78, 5) is 58.9. The first kappa shape index (κ1) is 37.1. The van der Waals surface area contributed by atoms with Crippen molar-refractivity contribution in [3.8, 4) is 0 Å². The van der Waals surface area contributed by atoms with Gasteiger partial charge < -0.3 is 9.47 Å². The molecule has 6 aliphatic carbocycles. The first-order valence-corrected chi connectivity index (χ1v) is 20.5. The number of rotatable bonds is 7. The van der Waals surface area contributed by atoms with Gasteiger partial charge in [0.25, 0.3) is 0 Å². The average molecular weight is 732 g/mol. The highest BCUT2D eigenvalue weighted by molar-refractivity contribution is 5.96. The van der Waals surface area contributed by atoms with E-state index in [-0.39, 0.29) is 57.6 Å². The number of hydrogen-bond donors (Lipinski definition) is 0. The Kier molecular flexibility index (Phi) is 8.84. The Morgan fingerprint density at radius 3 is 2.04 bits per heavy atom. The van der Waals surface area contributed by atoms with Crippen molar-refractivity contribution >= 4 is 23.8 Å². The molecule has 0 aliphatic heterocycles. The van der Waals surface area contributed by atoms with Crippen molar-refractivity contribution in [1.82, 2.24) is 0 Å². The normalized spacial score (nSPS) is 41.2. The molecule has 0 aromatic heterocycles. The van der Waals surface area contributed by atoms with Crippen molar-refractivity contribution in [3.05, 3.63) is 83.4 Å². The fourth-order valence-electron chi connectivity index (χ4n) is 12.8. The molecule has 6 aliphatic rings. The molecule has 5 saturated carbocycles. The first-order valence-electron chi connectivity index (χ1n) is 20.5. The smallest absolute Gasteiger partial charge is 0.312 e. The van der Waals surface area contributed by atoms with Crippen LogP contribution in [0, 0.1) is 50.7 Å². The molecule has 54 heavy (non-hydrogen) atoms. The van der Waals surface area contributed by atoms with Crippen LogP contribution < -0.4 is 0 Å². The summed E-state index contributed by atoms with van der Waals surface area (Å²) < 4.78 is 12.6. The van der Waals surface area contributed by atoms with Gasteiger partial charge >= 0.3 is 11.9 Å². The van der Waals surface area contributed by atoms with Gasteiger partial charge in [-0.2, -0.15) is 4.99 Å². The fraction of sp³-hybridized carbons (Fsp3) is 0.617. The highest BCUT2D eigenvalue weighted by atomic mass is 16.6. The molecule has 2 aromatic carbocycles. The SMILES string of the molecule is C[C@]1(C(=O)OC(c2ccccc2)c2ccccc2)CC[C@]2(C)CC[C@]3(C)C(=CC(=O)[C@@H]4[C@@]5(C)CC[C@H](OC(=O)C6CC6)[C@@](C)(N=C=O)[C@@H]5CC[C@]43C)[C@@H]2C1. The number of allylic oxidation sites excluding steroid dienone is 2. The molecule has 0 spiro atoms. The van der Waals surface area contributed by atoms with Gasteiger partial charge in [0.15, 0.2) is 11.9 Å². The summed E-state index contributed by atoms with van der Waals surface area (Å²) in [5.41, 5.74) is 0.424. The molecular weight excluding hydrogens is 675 g/mol. The lowest BCUT2D eigenvalue weighted by Gasteiger charge is -2.70. The predicted octanol–water partition coefficient (Wildman–Crippen LogP) is 9.69. The number of nitrogens with zero attached hydrogens (tertiary/aromatic N) is 1. The van der Waals surface area contributed by atoms with Crippen molar-refractivity contribution in [2.75, 3.05) is 0 Å². The zero-order valence-electron chi connectivity index (χ0n) is 33.0. The Labute approximate surface area is 320 Å². The predicted molar refractivity (Wildman–Crippen MR) is 206 cm³/mol. The quantitative estimate of drug-likeness (QED) is 0.160. The second kappa shape index (κ2) is 12.9. The molecule has 0 unspecified atom stereocenters. The van der Waals surface area contributed by atoms with Crippen LogP contribution in [0.3, 0.4) is 0 Å². The van der Waals surface area contributed by atoms with Crippen LogP contribution in [0.2, 0.25) is 0 Å². The molecule has 0 saturated heterocycles. The Hall–Kier alpha value is -3.83. The Balaban J connectivity index is 1.11. The van der Waals surface area contributed by atoms with E-state index in [1.807, 2.05) is 79.7 Å². The van der Waals surface area contributed by atoms with E-state index in [2.05, 4.69) is 39.6 Å². The number of hydrogen-bond acceptors (Lipinski definition) is 7. The van der Waals surface area contributed by atoms with Crippen LogP contribution in [0.5, 0.6) is 0 Å². The second-order valence-corrected chi connectivity index (χ2v) is 19.5. The highest BCUT2D eigenvalue weighted by Gasteiger charge is 2.71. The molecule has 0 N–H and O–H groups in total. The highest BCUT2D eigenvalue weighted by Crippen LogP contribution is 2.75. The molecule has 7 heteroatoms. The molecule has 0 amide bonds. The van der Waals surface area contributed by atoms with Gasteiger partial charge in [-0.15, -0.1) is 0 Å². The van der Waals surface area contributed by atoms with Crippen molar-refractivity contribution < 1.29 is 28.7 Å². The molecular formula is C47H57NO6. The van der Waals surface area contributed by atoms with Gasteiger partial charge in [-0.3, -0.25) is 14.4 Å². The summed E-state index contributed by atoms with van der Waals surface area (Å²) in [7, 11) is 0. The van der Waals surface area contributed by atoms with Gasteiger partial charge in [0.2, 0.25) is 6.08 Å². The summed E-state index contributed by atoms with van der Waals surface area (Å²) in [6.45, 7) is 13.4. The number of ether oxygens (including phenoxy) is 2. The molecule has 0 bridgehead atoms. The number of isocyanates is 1. The van der Waals surface area contributed by atoms with E-state index in [1.54, 1.807) is 0 Å². The number of aliphatic imine (C=N–C) groups is 1. The molecule has 2 aromatic rings. The second-order valence-electron chi connectivity index (χ2n) is 19.5. The largest absolute Gasteiger partial charge is 0.460 e. The topological polar surface area (TPSA) is 99.1 Å². The lowest BCUT2D eigenvalue weighted by atomic mass is 9.34. The summed E-state index contributed by atoms with van der Waals surface area (Å²) >= 11 is 0.